The van der Waals surface area contributed by atoms with Crippen molar-refractivity contribution in [3.8, 4) is 83.4 Å². The number of phosphoric ester groups is 1. The van der Waals surface area contributed by atoms with E-state index in [9.17, 15) is 14.2 Å². The molecule has 9 heteroatoms. The highest BCUT2D eigenvalue weighted by atomic mass is 31.2. The molecule has 0 aromatic rings. The van der Waals surface area contributed by atoms with E-state index >= 15 is 0 Å². The molecule has 0 fully saturated rings. The Kier molecular flexibility index (Phi) is 13.0. The first kappa shape index (κ1) is 25.0. The summed E-state index contributed by atoms with van der Waals surface area (Å²) in [5.41, 5.74) is 0. The van der Waals surface area contributed by atoms with Gasteiger partial charge in [-0.1, -0.05) is 5.92 Å². The van der Waals surface area contributed by atoms with Crippen molar-refractivity contribution in [2.45, 2.75) is 13.0 Å². The van der Waals surface area contributed by atoms with Crippen LogP contribution in [0.1, 0.15) is 6.92 Å². The number of carbonyl (C=O) groups is 2. The summed E-state index contributed by atoms with van der Waals surface area (Å²) >= 11 is 0. The normalized spacial score (nSPS) is 8.90. The van der Waals surface area contributed by atoms with Gasteiger partial charge in [0, 0.05) is 11.8 Å². The highest BCUT2D eigenvalue weighted by Crippen LogP contribution is 2.35. The Morgan fingerprint density at radius 3 is 2.03 bits per heavy atom. The highest BCUT2D eigenvalue weighted by Gasteiger charge is 2.22. The molecule has 0 radical (unpaired) electrons. The van der Waals surface area contributed by atoms with Gasteiger partial charge in [0.2, 0.25) is 0 Å². The van der Waals surface area contributed by atoms with Crippen LogP contribution in [0, 0.1) is 83.4 Å². The second-order valence-electron chi connectivity index (χ2n) is 4.18. The van der Waals surface area contributed by atoms with Gasteiger partial charge in [0.05, 0.1) is 6.61 Å². The first-order valence-corrected chi connectivity index (χ1v) is 8.78. The van der Waals surface area contributed by atoms with Crippen molar-refractivity contribution in [3.63, 3.8) is 0 Å². The molecule has 144 valence electrons. The molecular formula is C20H11O8P. The zero-order chi connectivity index (χ0) is 22.0. The summed E-state index contributed by atoms with van der Waals surface area (Å²) in [5, 5.41) is 0. The van der Waals surface area contributed by atoms with Crippen molar-refractivity contribution in [1.82, 2.24) is 0 Å². The molecule has 2 N–H and O–H groups in total. The Morgan fingerprint density at radius 2 is 1.45 bits per heavy atom. The summed E-state index contributed by atoms with van der Waals surface area (Å²) in [6.07, 6.45) is 3.50. The maximum atomic E-state index is 11.6. The van der Waals surface area contributed by atoms with E-state index < -0.39 is 39.1 Å². The van der Waals surface area contributed by atoms with Crippen LogP contribution < -0.4 is 0 Å². The predicted octanol–water partition coefficient (Wildman–Crippen LogP) is -0.776. The third-order valence-corrected chi connectivity index (χ3v) is 2.55. The summed E-state index contributed by atoms with van der Waals surface area (Å²) < 4.78 is 24.5. The van der Waals surface area contributed by atoms with Gasteiger partial charge >= 0.3 is 19.8 Å². The van der Waals surface area contributed by atoms with Crippen LogP contribution >= 0.6 is 7.82 Å². The molecule has 1 atom stereocenters. The van der Waals surface area contributed by atoms with Gasteiger partial charge in [-0.3, -0.25) is 4.52 Å². The van der Waals surface area contributed by atoms with Crippen LogP contribution in [-0.2, 0) is 28.2 Å². The quantitative estimate of drug-likeness (QED) is 0.254. The van der Waals surface area contributed by atoms with Crippen molar-refractivity contribution >= 4 is 19.8 Å². The second kappa shape index (κ2) is 15.1. The van der Waals surface area contributed by atoms with Crippen LogP contribution in [0.2, 0.25) is 0 Å². The SMILES string of the molecule is C#CC#CC#CC#CC(=O)O[C@H](COC(=O)C#CC#CC#CC)COP(=O)(O)O. The molecule has 29 heavy (non-hydrogen) atoms. The average molecular weight is 410 g/mol. The fraction of sp³-hybridized carbons (Fsp3) is 0.200. The molecule has 0 aliphatic heterocycles. The van der Waals surface area contributed by atoms with Crippen molar-refractivity contribution in [1.29, 1.82) is 0 Å². The van der Waals surface area contributed by atoms with Crippen LogP contribution in [0.15, 0.2) is 0 Å². The van der Waals surface area contributed by atoms with Crippen LogP contribution in [0.4, 0.5) is 0 Å². The zero-order valence-electron chi connectivity index (χ0n) is 14.9. The monoisotopic (exact) mass is 410 g/mol. The molecule has 0 saturated carbocycles. The lowest BCUT2D eigenvalue weighted by Crippen LogP contribution is -2.28. The number of rotatable bonds is 6. The Labute approximate surface area is 167 Å². The van der Waals surface area contributed by atoms with E-state index in [1.54, 1.807) is 6.92 Å². The van der Waals surface area contributed by atoms with Gasteiger partial charge in [0.1, 0.15) is 6.61 Å². The molecule has 0 spiro atoms. The Morgan fingerprint density at radius 1 is 0.897 bits per heavy atom. The second-order valence-corrected chi connectivity index (χ2v) is 5.42. The third-order valence-electron chi connectivity index (χ3n) is 2.07. The minimum atomic E-state index is -4.86. The minimum absolute atomic E-state index is 0.609. The lowest BCUT2D eigenvalue weighted by atomic mass is 10.4. The first-order valence-electron chi connectivity index (χ1n) is 7.25. The number of hydrogen-bond donors (Lipinski definition) is 2. The minimum Gasteiger partial charge on any atom is -0.452 e. The number of hydrogen-bond acceptors (Lipinski definition) is 6. The van der Waals surface area contributed by atoms with Crippen molar-refractivity contribution in [2.75, 3.05) is 13.2 Å². The fourth-order valence-electron chi connectivity index (χ4n) is 1.10. The summed E-state index contributed by atoms with van der Waals surface area (Å²) in [6, 6.07) is 0. The van der Waals surface area contributed by atoms with E-state index in [1.165, 1.54) is 0 Å². The van der Waals surface area contributed by atoms with E-state index in [1.807, 2.05) is 17.8 Å². The van der Waals surface area contributed by atoms with E-state index in [4.69, 9.17) is 25.7 Å². The largest absolute Gasteiger partial charge is 0.469 e. The van der Waals surface area contributed by atoms with Crippen LogP contribution in [-0.4, -0.2) is 41.0 Å². The number of terminal acetylenes is 1. The van der Waals surface area contributed by atoms with Gasteiger partial charge in [-0.05, 0) is 66.1 Å². The maximum absolute atomic E-state index is 11.6. The highest BCUT2D eigenvalue weighted by molar-refractivity contribution is 7.46. The summed E-state index contributed by atoms with van der Waals surface area (Å²) in [5.74, 6) is 26.6. The zero-order valence-corrected chi connectivity index (χ0v) is 15.8. The summed E-state index contributed by atoms with van der Waals surface area (Å²) in [6.45, 7) is 0.188. The van der Waals surface area contributed by atoms with Crippen molar-refractivity contribution in [2.24, 2.45) is 0 Å². The Hall–Kier alpha value is -4.03. The van der Waals surface area contributed by atoms with E-state index in [0.29, 0.717) is 0 Å². The van der Waals surface area contributed by atoms with Gasteiger partial charge in [-0.2, -0.15) is 0 Å². The van der Waals surface area contributed by atoms with Crippen molar-refractivity contribution in [3.05, 3.63) is 0 Å². The molecule has 0 aliphatic rings. The molecule has 0 aromatic heterocycles. The molecule has 0 heterocycles. The van der Waals surface area contributed by atoms with Gasteiger partial charge in [0.15, 0.2) is 6.10 Å². The lowest BCUT2D eigenvalue weighted by molar-refractivity contribution is -0.153. The smallest absolute Gasteiger partial charge is 0.452 e. The average Bonchev–Trinajstić information content (AvgIpc) is 2.65. The number of esters is 2. The van der Waals surface area contributed by atoms with Crippen LogP contribution in [0.5, 0.6) is 0 Å². The molecule has 0 aliphatic carbocycles. The number of phosphoric acid groups is 1. The fourth-order valence-corrected chi connectivity index (χ4v) is 1.46. The topological polar surface area (TPSA) is 119 Å². The molecule has 0 unspecified atom stereocenters. The molecular weight excluding hydrogens is 399 g/mol. The van der Waals surface area contributed by atoms with Crippen molar-refractivity contribution < 1.29 is 37.9 Å². The van der Waals surface area contributed by atoms with E-state index in [-0.39, 0.29) is 0 Å². The van der Waals surface area contributed by atoms with Crippen LogP contribution in [0.25, 0.3) is 0 Å². The molecule has 0 rings (SSSR count). The van der Waals surface area contributed by atoms with Crippen LogP contribution in [0.3, 0.4) is 0 Å². The molecule has 0 bridgehead atoms. The number of carbonyl (C=O) groups excluding carboxylic acids is 2. The van der Waals surface area contributed by atoms with E-state index in [0.717, 1.165) is 0 Å². The third kappa shape index (κ3) is 17.2. The molecule has 0 aromatic carbocycles. The number of ether oxygens (including phenoxy) is 2. The molecule has 0 amide bonds. The van der Waals surface area contributed by atoms with Gasteiger partial charge < -0.3 is 19.3 Å². The summed E-state index contributed by atoms with van der Waals surface area (Å²) in [4.78, 5) is 40.5. The Bertz CT molecular complexity index is 1080. The Balaban J connectivity index is 4.93. The van der Waals surface area contributed by atoms with E-state index in [2.05, 4.69) is 63.7 Å². The summed E-state index contributed by atoms with van der Waals surface area (Å²) in [7, 11) is -4.86. The molecule has 0 saturated heterocycles. The predicted molar refractivity (Wildman–Crippen MR) is 100.0 cm³/mol. The maximum Gasteiger partial charge on any atom is 0.469 e. The standard InChI is InChI=1S/C20H11O8P/c1-3-5-7-9-11-13-15-20(22)28-18(17-27-29(23,24)25)16-26-19(21)14-12-10-8-6-4-2/h1,18H,16-17H2,2H3,(H2,23,24,25)/t18-/m1/s1. The van der Waals surface area contributed by atoms with Gasteiger partial charge in [-0.25, -0.2) is 14.2 Å². The van der Waals surface area contributed by atoms with Gasteiger partial charge in [0.25, 0.3) is 0 Å². The first-order chi connectivity index (χ1) is 13.8. The molecule has 8 nitrogen and oxygen atoms in total. The van der Waals surface area contributed by atoms with Gasteiger partial charge in [-0.15, -0.1) is 6.42 Å². The lowest BCUT2D eigenvalue weighted by Gasteiger charge is -2.16.